The fourth-order valence-electron chi connectivity index (χ4n) is 2.69. The van der Waals surface area contributed by atoms with Gasteiger partial charge < -0.3 is 15.1 Å². The predicted octanol–water partition coefficient (Wildman–Crippen LogP) is 1.39. The normalized spacial score (nSPS) is 23.3. The quantitative estimate of drug-likeness (QED) is 0.860. The molecule has 1 aliphatic rings. The molecule has 2 unspecified atom stereocenters. The van der Waals surface area contributed by atoms with Crippen molar-refractivity contribution in [1.82, 2.24) is 20.2 Å². The lowest BCUT2D eigenvalue weighted by Crippen LogP contribution is -2.50. The first-order valence-corrected chi connectivity index (χ1v) is 6.95. The molecule has 0 aromatic carbocycles. The Bertz CT molecular complexity index is 604. The van der Waals surface area contributed by atoms with E-state index in [1.807, 2.05) is 13.8 Å². The topological polar surface area (TPSA) is 96.9 Å². The van der Waals surface area contributed by atoms with Crippen LogP contribution < -0.4 is 10.6 Å². The van der Waals surface area contributed by atoms with Crippen LogP contribution in [-0.4, -0.2) is 38.8 Å². The lowest BCUT2D eigenvalue weighted by molar-refractivity contribution is 0.416. The van der Waals surface area contributed by atoms with Gasteiger partial charge in [0.1, 0.15) is 0 Å². The van der Waals surface area contributed by atoms with E-state index in [4.69, 9.17) is 10.2 Å². The number of nitrogens with one attached hydrogen (secondary N) is 1. The monoisotopic (exact) mass is 276 g/mol. The van der Waals surface area contributed by atoms with Crippen LogP contribution in [0.15, 0.2) is 4.42 Å². The maximum Gasteiger partial charge on any atom is 0.245 e. The van der Waals surface area contributed by atoms with Gasteiger partial charge in [0.05, 0.1) is 5.69 Å². The second-order valence-electron chi connectivity index (χ2n) is 5.37. The molecule has 0 bridgehead atoms. The largest absolute Gasteiger partial charge is 0.437 e. The molecule has 20 heavy (non-hydrogen) atoms. The van der Waals surface area contributed by atoms with Crippen LogP contribution in [0.1, 0.15) is 31.4 Å². The highest BCUT2D eigenvalue weighted by Crippen LogP contribution is 2.25. The molecule has 0 radical (unpaired) electrons. The zero-order valence-corrected chi connectivity index (χ0v) is 12.1. The third kappa shape index (κ3) is 2.18. The van der Waals surface area contributed by atoms with Gasteiger partial charge in [-0.2, -0.15) is 4.98 Å². The van der Waals surface area contributed by atoms with Crippen LogP contribution in [-0.2, 0) is 0 Å². The third-order valence-electron chi connectivity index (χ3n) is 3.90. The Morgan fingerprint density at radius 2 is 2.15 bits per heavy atom. The van der Waals surface area contributed by atoms with Crippen LogP contribution in [0.3, 0.4) is 0 Å². The van der Waals surface area contributed by atoms with Gasteiger partial charge in [-0.1, -0.05) is 0 Å². The Kier molecular flexibility index (Phi) is 3.21. The van der Waals surface area contributed by atoms with E-state index in [0.29, 0.717) is 23.4 Å². The van der Waals surface area contributed by atoms with Crippen LogP contribution in [0, 0.1) is 13.8 Å². The molecule has 1 aliphatic heterocycles. The standard InChI is InChI=1S/C13H20N6O/c1-7-11(20-9(3)15-7)12-16-13(18-17-12)19-6-4-5-10(14)8(19)2/h8,10H,4-6,14H2,1-3H3,(H,16,17,18). The van der Waals surface area contributed by atoms with Crippen molar-refractivity contribution in [2.75, 3.05) is 11.4 Å². The SMILES string of the molecule is Cc1nc(C)c(-c2nc(N3CCCC(N)C3C)n[nH]2)o1. The number of hydrogen-bond acceptors (Lipinski definition) is 6. The summed E-state index contributed by atoms with van der Waals surface area (Å²) in [5.74, 6) is 2.57. The van der Waals surface area contributed by atoms with Crippen molar-refractivity contribution >= 4 is 5.95 Å². The highest BCUT2D eigenvalue weighted by molar-refractivity contribution is 5.52. The van der Waals surface area contributed by atoms with Gasteiger partial charge in [0.25, 0.3) is 0 Å². The third-order valence-corrected chi connectivity index (χ3v) is 3.90. The van der Waals surface area contributed by atoms with E-state index in [1.165, 1.54) is 0 Å². The summed E-state index contributed by atoms with van der Waals surface area (Å²) in [5.41, 5.74) is 6.93. The number of oxazole rings is 1. The summed E-state index contributed by atoms with van der Waals surface area (Å²) in [6.07, 6.45) is 2.12. The second-order valence-corrected chi connectivity index (χ2v) is 5.37. The minimum absolute atomic E-state index is 0.167. The van der Waals surface area contributed by atoms with E-state index in [9.17, 15) is 0 Å². The van der Waals surface area contributed by atoms with Crippen molar-refractivity contribution < 1.29 is 4.42 Å². The van der Waals surface area contributed by atoms with E-state index >= 15 is 0 Å². The van der Waals surface area contributed by atoms with E-state index in [1.54, 1.807) is 0 Å². The number of aromatic amines is 1. The number of H-pyrrole nitrogens is 1. The lowest BCUT2D eigenvalue weighted by atomic mass is 9.99. The molecule has 2 aromatic heterocycles. The van der Waals surface area contributed by atoms with Crippen molar-refractivity contribution in [3.63, 3.8) is 0 Å². The molecular weight excluding hydrogens is 256 g/mol. The molecule has 3 N–H and O–H groups in total. The fourth-order valence-corrected chi connectivity index (χ4v) is 2.69. The smallest absolute Gasteiger partial charge is 0.245 e. The van der Waals surface area contributed by atoms with E-state index < -0.39 is 0 Å². The highest BCUT2D eigenvalue weighted by atomic mass is 16.4. The summed E-state index contributed by atoms with van der Waals surface area (Å²) < 4.78 is 5.56. The van der Waals surface area contributed by atoms with Crippen molar-refractivity contribution in [2.24, 2.45) is 5.73 Å². The Hall–Kier alpha value is -1.89. The van der Waals surface area contributed by atoms with Gasteiger partial charge in [0.2, 0.25) is 5.95 Å². The Morgan fingerprint density at radius 3 is 2.85 bits per heavy atom. The molecule has 0 saturated carbocycles. The lowest BCUT2D eigenvalue weighted by Gasteiger charge is -2.36. The molecule has 1 fully saturated rings. The van der Waals surface area contributed by atoms with Gasteiger partial charge in [-0.3, -0.25) is 5.10 Å². The first kappa shape index (κ1) is 13.1. The number of aromatic nitrogens is 4. The summed E-state index contributed by atoms with van der Waals surface area (Å²) in [7, 11) is 0. The maximum absolute atomic E-state index is 6.12. The van der Waals surface area contributed by atoms with Crippen LogP contribution in [0.2, 0.25) is 0 Å². The highest BCUT2D eigenvalue weighted by Gasteiger charge is 2.28. The molecule has 1 saturated heterocycles. The predicted molar refractivity (Wildman–Crippen MR) is 75.4 cm³/mol. The number of hydrogen-bond donors (Lipinski definition) is 2. The summed E-state index contributed by atoms with van der Waals surface area (Å²) >= 11 is 0. The molecule has 3 heterocycles. The van der Waals surface area contributed by atoms with E-state index in [2.05, 4.69) is 32.0 Å². The van der Waals surface area contributed by atoms with Crippen molar-refractivity contribution in [3.8, 4) is 11.6 Å². The minimum atomic E-state index is 0.167. The molecular formula is C13H20N6O. The van der Waals surface area contributed by atoms with Gasteiger partial charge in [-0.25, -0.2) is 4.98 Å². The summed E-state index contributed by atoms with van der Waals surface area (Å²) in [5, 5.41) is 7.23. The summed E-state index contributed by atoms with van der Waals surface area (Å²) in [6.45, 7) is 6.76. The van der Waals surface area contributed by atoms with Gasteiger partial charge >= 0.3 is 0 Å². The zero-order chi connectivity index (χ0) is 14.3. The Balaban J connectivity index is 1.88. The summed E-state index contributed by atoms with van der Waals surface area (Å²) in [4.78, 5) is 10.9. The van der Waals surface area contributed by atoms with E-state index in [-0.39, 0.29) is 12.1 Å². The van der Waals surface area contributed by atoms with Gasteiger partial charge in [0, 0.05) is 25.6 Å². The van der Waals surface area contributed by atoms with Crippen molar-refractivity contribution in [1.29, 1.82) is 0 Å². The first-order valence-electron chi connectivity index (χ1n) is 6.95. The van der Waals surface area contributed by atoms with Gasteiger partial charge in [-0.15, -0.1) is 5.10 Å². The van der Waals surface area contributed by atoms with Crippen molar-refractivity contribution in [3.05, 3.63) is 11.6 Å². The number of nitrogens with zero attached hydrogens (tertiary/aromatic N) is 4. The van der Waals surface area contributed by atoms with Gasteiger partial charge in [-0.05, 0) is 26.7 Å². The molecule has 0 aliphatic carbocycles. The molecule has 0 amide bonds. The first-order chi connectivity index (χ1) is 9.56. The fraction of sp³-hybridized carbons (Fsp3) is 0.615. The Morgan fingerprint density at radius 1 is 1.35 bits per heavy atom. The molecule has 2 aromatic rings. The van der Waals surface area contributed by atoms with E-state index in [0.717, 1.165) is 25.1 Å². The molecule has 0 spiro atoms. The van der Waals surface area contributed by atoms with Gasteiger partial charge in [0.15, 0.2) is 17.5 Å². The number of nitrogens with two attached hydrogens (primary N) is 1. The van der Waals surface area contributed by atoms with Crippen molar-refractivity contribution in [2.45, 2.75) is 45.7 Å². The van der Waals surface area contributed by atoms with Crippen LogP contribution in [0.25, 0.3) is 11.6 Å². The molecule has 7 nitrogen and oxygen atoms in total. The van der Waals surface area contributed by atoms with Crippen LogP contribution >= 0.6 is 0 Å². The second kappa shape index (κ2) is 4.90. The minimum Gasteiger partial charge on any atom is -0.437 e. The average molecular weight is 276 g/mol. The molecule has 3 rings (SSSR count). The van der Waals surface area contributed by atoms with Crippen LogP contribution in [0.5, 0.6) is 0 Å². The maximum atomic E-state index is 6.12. The Labute approximate surface area is 117 Å². The molecule has 2 atom stereocenters. The number of rotatable bonds is 2. The number of piperidine rings is 1. The zero-order valence-electron chi connectivity index (χ0n) is 12.1. The molecule has 7 heteroatoms. The summed E-state index contributed by atoms with van der Waals surface area (Å²) in [6, 6.07) is 0.407. The number of anilines is 1. The number of aryl methyl sites for hydroxylation is 2. The average Bonchev–Trinajstić information content (AvgIpc) is 2.99. The van der Waals surface area contributed by atoms with Crippen LogP contribution in [0.4, 0.5) is 5.95 Å². The molecule has 108 valence electrons.